The standard InChI is InChI=1S/C20H27N5O/c1-14-12-19(23-18-11-7-10-17(13-18)22-15(2)26)25-20(21-14)24-16-8-5-3-4-6-9-16/h7,10-13,16H,3-6,8-9H2,1-2H3,(H,22,26)(H2,21,23,24,25). The maximum Gasteiger partial charge on any atom is 0.225 e. The van der Waals surface area contributed by atoms with E-state index in [0.717, 1.165) is 22.9 Å². The average Bonchev–Trinajstić information content (AvgIpc) is 2.82. The predicted octanol–water partition coefficient (Wildman–Crippen LogP) is 4.62. The van der Waals surface area contributed by atoms with Gasteiger partial charge in [0.05, 0.1) is 0 Å². The van der Waals surface area contributed by atoms with Crippen molar-refractivity contribution < 1.29 is 4.79 Å². The number of aromatic nitrogens is 2. The molecule has 1 saturated carbocycles. The number of hydrogen-bond acceptors (Lipinski definition) is 5. The highest BCUT2D eigenvalue weighted by molar-refractivity contribution is 5.89. The molecular formula is C20H27N5O. The highest BCUT2D eigenvalue weighted by Gasteiger charge is 2.14. The third kappa shape index (κ3) is 5.44. The van der Waals surface area contributed by atoms with Crippen molar-refractivity contribution >= 4 is 29.0 Å². The number of benzene rings is 1. The number of rotatable bonds is 5. The summed E-state index contributed by atoms with van der Waals surface area (Å²) in [7, 11) is 0. The molecule has 2 aromatic rings. The molecule has 0 radical (unpaired) electrons. The summed E-state index contributed by atoms with van der Waals surface area (Å²) in [5, 5.41) is 9.60. The van der Waals surface area contributed by atoms with Crippen molar-refractivity contribution in [2.75, 3.05) is 16.0 Å². The molecule has 0 saturated heterocycles. The minimum Gasteiger partial charge on any atom is -0.351 e. The largest absolute Gasteiger partial charge is 0.351 e. The Labute approximate surface area is 154 Å². The first kappa shape index (κ1) is 18.2. The summed E-state index contributed by atoms with van der Waals surface area (Å²) in [6.45, 7) is 3.47. The van der Waals surface area contributed by atoms with E-state index in [1.54, 1.807) is 0 Å². The lowest BCUT2D eigenvalue weighted by molar-refractivity contribution is -0.114. The van der Waals surface area contributed by atoms with Crippen molar-refractivity contribution in [1.29, 1.82) is 0 Å². The smallest absolute Gasteiger partial charge is 0.225 e. The van der Waals surface area contributed by atoms with Crippen LogP contribution in [-0.2, 0) is 4.79 Å². The van der Waals surface area contributed by atoms with Crippen LogP contribution in [0.25, 0.3) is 0 Å². The second-order valence-corrected chi connectivity index (χ2v) is 6.94. The average molecular weight is 353 g/mol. The Kier molecular flexibility index (Phi) is 6.04. The molecule has 138 valence electrons. The summed E-state index contributed by atoms with van der Waals surface area (Å²) in [5.41, 5.74) is 2.54. The van der Waals surface area contributed by atoms with E-state index in [4.69, 9.17) is 0 Å². The molecule has 3 rings (SSSR count). The van der Waals surface area contributed by atoms with Gasteiger partial charge < -0.3 is 16.0 Å². The van der Waals surface area contributed by atoms with Gasteiger partial charge in [0, 0.05) is 36.1 Å². The lowest BCUT2D eigenvalue weighted by Crippen LogP contribution is -2.20. The Hall–Kier alpha value is -2.63. The van der Waals surface area contributed by atoms with Gasteiger partial charge in [0.2, 0.25) is 11.9 Å². The van der Waals surface area contributed by atoms with Gasteiger partial charge in [-0.25, -0.2) is 4.98 Å². The van der Waals surface area contributed by atoms with Gasteiger partial charge in [-0.2, -0.15) is 4.98 Å². The molecule has 0 aliphatic heterocycles. The lowest BCUT2D eigenvalue weighted by atomic mass is 10.1. The fourth-order valence-electron chi connectivity index (χ4n) is 3.33. The van der Waals surface area contributed by atoms with E-state index in [-0.39, 0.29) is 5.91 Å². The number of amides is 1. The maximum absolute atomic E-state index is 11.2. The molecule has 1 aromatic heterocycles. The van der Waals surface area contributed by atoms with Crippen molar-refractivity contribution in [1.82, 2.24) is 9.97 Å². The first-order valence-corrected chi connectivity index (χ1v) is 9.35. The van der Waals surface area contributed by atoms with E-state index >= 15 is 0 Å². The molecule has 6 nitrogen and oxygen atoms in total. The van der Waals surface area contributed by atoms with E-state index in [2.05, 4.69) is 25.9 Å². The molecule has 3 N–H and O–H groups in total. The molecule has 0 atom stereocenters. The Morgan fingerprint density at radius 3 is 2.50 bits per heavy atom. The first-order chi connectivity index (χ1) is 12.6. The number of hydrogen-bond donors (Lipinski definition) is 3. The predicted molar refractivity (Wildman–Crippen MR) is 106 cm³/mol. The molecular weight excluding hydrogens is 326 g/mol. The van der Waals surface area contributed by atoms with Gasteiger partial charge in [0.15, 0.2) is 0 Å². The van der Waals surface area contributed by atoms with Crippen LogP contribution in [0.2, 0.25) is 0 Å². The summed E-state index contributed by atoms with van der Waals surface area (Å²) in [4.78, 5) is 20.4. The minimum atomic E-state index is -0.0880. The van der Waals surface area contributed by atoms with Crippen LogP contribution < -0.4 is 16.0 Å². The third-order valence-corrected chi connectivity index (χ3v) is 4.50. The van der Waals surface area contributed by atoms with Gasteiger partial charge in [-0.1, -0.05) is 31.7 Å². The number of nitrogens with one attached hydrogen (secondary N) is 3. The molecule has 0 bridgehead atoms. The highest BCUT2D eigenvalue weighted by atomic mass is 16.1. The monoisotopic (exact) mass is 353 g/mol. The molecule has 26 heavy (non-hydrogen) atoms. The maximum atomic E-state index is 11.2. The van der Waals surface area contributed by atoms with Gasteiger partial charge in [-0.15, -0.1) is 0 Å². The third-order valence-electron chi connectivity index (χ3n) is 4.50. The van der Waals surface area contributed by atoms with Gasteiger partial charge >= 0.3 is 0 Å². The normalized spacial score (nSPS) is 15.2. The topological polar surface area (TPSA) is 78.9 Å². The Morgan fingerprint density at radius 2 is 1.77 bits per heavy atom. The summed E-state index contributed by atoms with van der Waals surface area (Å²) < 4.78 is 0. The van der Waals surface area contributed by atoms with E-state index in [0.29, 0.717) is 12.0 Å². The molecule has 1 fully saturated rings. The Morgan fingerprint density at radius 1 is 1.04 bits per heavy atom. The van der Waals surface area contributed by atoms with Crippen LogP contribution in [0.3, 0.4) is 0 Å². The van der Waals surface area contributed by atoms with E-state index < -0.39 is 0 Å². The second-order valence-electron chi connectivity index (χ2n) is 6.94. The summed E-state index contributed by atoms with van der Waals surface area (Å²) in [5.74, 6) is 1.33. The van der Waals surface area contributed by atoms with Crippen LogP contribution in [0.15, 0.2) is 30.3 Å². The van der Waals surface area contributed by atoms with Crippen LogP contribution in [0.5, 0.6) is 0 Å². The van der Waals surface area contributed by atoms with Crippen LogP contribution in [0.4, 0.5) is 23.1 Å². The molecule has 1 aliphatic carbocycles. The first-order valence-electron chi connectivity index (χ1n) is 9.35. The minimum absolute atomic E-state index is 0.0880. The molecule has 1 amide bonds. The molecule has 1 aliphatic rings. The highest BCUT2D eigenvalue weighted by Crippen LogP contribution is 2.23. The quantitative estimate of drug-likeness (QED) is 0.684. The molecule has 6 heteroatoms. The Balaban J connectivity index is 1.72. The van der Waals surface area contributed by atoms with Crippen LogP contribution >= 0.6 is 0 Å². The van der Waals surface area contributed by atoms with Gasteiger partial charge in [-0.3, -0.25) is 4.79 Å². The number of anilines is 4. The van der Waals surface area contributed by atoms with Crippen molar-refractivity contribution in [2.45, 2.75) is 58.4 Å². The molecule has 0 spiro atoms. The van der Waals surface area contributed by atoms with Gasteiger partial charge in [0.1, 0.15) is 5.82 Å². The van der Waals surface area contributed by atoms with Crippen LogP contribution in [0.1, 0.15) is 51.1 Å². The van der Waals surface area contributed by atoms with Crippen LogP contribution in [-0.4, -0.2) is 21.9 Å². The number of nitrogens with zero attached hydrogens (tertiary/aromatic N) is 2. The second kappa shape index (κ2) is 8.65. The number of aryl methyl sites for hydroxylation is 1. The fourth-order valence-corrected chi connectivity index (χ4v) is 3.33. The SMILES string of the molecule is CC(=O)Nc1cccc(Nc2cc(C)nc(NC3CCCCCC3)n2)c1. The van der Waals surface area contributed by atoms with E-state index in [1.807, 2.05) is 37.3 Å². The Bertz CT molecular complexity index is 754. The van der Waals surface area contributed by atoms with Crippen molar-refractivity contribution in [2.24, 2.45) is 0 Å². The lowest BCUT2D eigenvalue weighted by Gasteiger charge is -2.17. The zero-order valence-corrected chi connectivity index (χ0v) is 15.5. The van der Waals surface area contributed by atoms with Gasteiger partial charge in [0.25, 0.3) is 0 Å². The molecule has 1 heterocycles. The van der Waals surface area contributed by atoms with Crippen molar-refractivity contribution in [3.8, 4) is 0 Å². The summed E-state index contributed by atoms with van der Waals surface area (Å²) in [6.07, 6.45) is 7.54. The summed E-state index contributed by atoms with van der Waals surface area (Å²) in [6, 6.07) is 9.96. The zero-order valence-electron chi connectivity index (χ0n) is 15.5. The van der Waals surface area contributed by atoms with Crippen LogP contribution in [0, 0.1) is 6.92 Å². The van der Waals surface area contributed by atoms with Crippen molar-refractivity contribution in [3.63, 3.8) is 0 Å². The number of carbonyl (C=O) groups is 1. The number of carbonyl (C=O) groups excluding carboxylic acids is 1. The van der Waals surface area contributed by atoms with Crippen molar-refractivity contribution in [3.05, 3.63) is 36.0 Å². The van der Waals surface area contributed by atoms with E-state index in [9.17, 15) is 4.79 Å². The fraction of sp³-hybridized carbons (Fsp3) is 0.450. The van der Waals surface area contributed by atoms with Gasteiger partial charge in [-0.05, 0) is 38.0 Å². The molecule has 0 unspecified atom stereocenters. The molecule has 1 aromatic carbocycles. The zero-order chi connectivity index (χ0) is 18.4. The summed E-state index contributed by atoms with van der Waals surface area (Å²) >= 11 is 0. The van der Waals surface area contributed by atoms with E-state index in [1.165, 1.54) is 45.4 Å².